The van der Waals surface area contributed by atoms with Crippen molar-refractivity contribution in [3.05, 3.63) is 46.8 Å². The van der Waals surface area contributed by atoms with Crippen molar-refractivity contribution >= 4 is 34.0 Å². The maximum Gasteiger partial charge on any atom is 0.341 e. The van der Waals surface area contributed by atoms with E-state index in [0.717, 1.165) is 5.56 Å². The standard InChI is InChI=1S/C15H16N2O3S/c1-3-20-14(18)12-8-9-21-13(12)17-15(19)16-11-6-4-10(2)5-7-11/h4-9H,3H2,1-2H3,(H2,16,17,19). The molecule has 0 unspecified atom stereocenters. The molecule has 1 aromatic heterocycles. The molecule has 0 bridgehead atoms. The van der Waals surface area contributed by atoms with E-state index in [0.29, 0.717) is 22.9 Å². The van der Waals surface area contributed by atoms with Crippen molar-refractivity contribution in [1.29, 1.82) is 0 Å². The molecule has 21 heavy (non-hydrogen) atoms. The average Bonchev–Trinajstić information content (AvgIpc) is 2.90. The summed E-state index contributed by atoms with van der Waals surface area (Å²) in [7, 11) is 0. The van der Waals surface area contributed by atoms with Crippen LogP contribution in [0.3, 0.4) is 0 Å². The van der Waals surface area contributed by atoms with E-state index in [2.05, 4.69) is 10.6 Å². The number of thiophene rings is 1. The number of hydrogen-bond donors (Lipinski definition) is 2. The van der Waals surface area contributed by atoms with Gasteiger partial charge in [-0.25, -0.2) is 9.59 Å². The number of carbonyl (C=O) groups excluding carboxylic acids is 2. The molecule has 2 aromatic rings. The van der Waals surface area contributed by atoms with Gasteiger partial charge in [-0.05, 0) is 37.4 Å². The van der Waals surface area contributed by atoms with Gasteiger partial charge in [0.15, 0.2) is 0 Å². The zero-order chi connectivity index (χ0) is 15.2. The maximum atomic E-state index is 11.9. The fourth-order valence-corrected chi connectivity index (χ4v) is 2.45. The van der Waals surface area contributed by atoms with Gasteiger partial charge < -0.3 is 10.1 Å². The minimum Gasteiger partial charge on any atom is -0.462 e. The third-order valence-electron chi connectivity index (χ3n) is 2.70. The second kappa shape index (κ2) is 6.90. The summed E-state index contributed by atoms with van der Waals surface area (Å²) in [6, 6.07) is 8.68. The molecule has 1 aromatic carbocycles. The Morgan fingerprint density at radius 1 is 1.14 bits per heavy atom. The fraction of sp³-hybridized carbons (Fsp3) is 0.200. The number of anilines is 2. The molecule has 0 saturated carbocycles. The van der Waals surface area contributed by atoms with Crippen LogP contribution in [-0.2, 0) is 4.74 Å². The number of rotatable bonds is 4. The summed E-state index contributed by atoms with van der Waals surface area (Å²) in [6.07, 6.45) is 0. The predicted octanol–water partition coefficient (Wildman–Crippen LogP) is 3.88. The van der Waals surface area contributed by atoms with Gasteiger partial charge in [-0.15, -0.1) is 11.3 Å². The molecular formula is C15H16N2O3S. The Morgan fingerprint density at radius 2 is 1.86 bits per heavy atom. The van der Waals surface area contributed by atoms with Gasteiger partial charge in [0.25, 0.3) is 0 Å². The van der Waals surface area contributed by atoms with Gasteiger partial charge in [0, 0.05) is 5.69 Å². The minimum absolute atomic E-state index is 0.295. The Morgan fingerprint density at radius 3 is 2.52 bits per heavy atom. The van der Waals surface area contributed by atoms with E-state index >= 15 is 0 Å². The minimum atomic E-state index is -0.440. The molecule has 1 heterocycles. The van der Waals surface area contributed by atoms with E-state index in [1.807, 2.05) is 31.2 Å². The summed E-state index contributed by atoms with van der Waals surface area (Å²) in [5.74, 6) is -0.440. The fourth-order valence-electron chi connectivity index (χ4n) is 1.68. The number of ether oxygens (including phenoxy) is 1. The number of nitrogens with one attached hydrogen (secondary N) is 2. The zero-order valence-corrected chi connectivity index (χ0v) is 12.6. The van der Waals surface area contributed by atoms with Crippen molar-refractivity contribution in [2.24, 2.45) is 0 Å². The zero-order valence-electron chi connectivity index (χ0n) is 11.8. The first-order chi connectivity index (χ1) is 10.1. The van der Waals surface area contributed by atoms with Gasteiger partial charge in [-0.3, -0.25) is 5.32 Å². The number of hydrogen-bond acceptors (Lipinski definition) is 4. The third-order valence-corrected chi connectivity index (χ3v) is 3.53. The normalized spacial score (nSPS) is 10.0. The first-order valence-corrected chi connectivity index (χ1v) is 7.37. The highest BCUT2D eigenvalue weighted by molar-refractivity contribution is 7.14. The lowest BCUT2D eigenvalue weighted by Crippen LogP contribution is -2.20. The molecule has 0 spiro atoms. The van der Waals surface area contributed by atoms with Crippen LogP contribution in [0.5, 0.6) is 0 Å². The topological polar surface area (TPSA) is 67.4 Å². The monoisotopic (exact) mass is 304 g/mol. The number of benzene rings is 1. The van der Waals surface area contributed by atoms with Gasteiger partial charge in [0.2, 0.25) is 0 Å². The van der Waals surface area contributed by atoms with E-state index in [4.69, 9.17) is 4.74 Å². The molecule has 0 radical (unpaired) electrons. The Balaban J connectivity index is 2.01. The van der Waals surface area contributed by atoms with E-state index < -0.39 is 12.0 Å². The van der Waals surface area contributed by atoms with E-state index in [9.17, 15) is 9.59 Å². The number of amides is 2. The molecule has 2 N–H and O–H groups in total. The quantitative estimate of drug-likeness (QED) is 0.842. The van der Waals surface area contributed by atoms with E-state index in [-0.39, 0.29) is 0 Å². The van der Waals surface area contributed by atoms with Crippen LogP contribution in [0.15, 0.2) is 35.7 Å². The smallest absolute Gasteiger partial charge is 0.341 e. The summed E-state index contributed by atoms with van der Waals surface area (Å²) in [6.45, 7) is 4.01. The molecule has 0 aliphatic heterocycles. The van der Waals surface area contributed by atoms with Crippen molar-refractivity contribution in [2.75, 3.05) is 17.2 Å². The van der Waals surface area contributed by atoms with Crippen LogP contribution >= 0.6 is 11.3 Å². The lowest BCUT2D eigenvalue weighted by Gasteiger charge is -2.08. The Labute approximate surface area is 126 Å². The largest absolute Gasteiger partial charge is 0.462 e. The van der Waals surface area contributed by atoms with Crippen LogP contribution in [0, 0.1) is 6.92 Å². The maximum absolute atomic E-state index is 11.9. The number of aryl methyl sites for hydroxylation is 1. The number of urea groups is 1. The van der Waals surface area contributed by atoms with Gasteiger partial charge in [-0.1, -0.05) is 17.7 Å². The molecule has 0 fully saturated rings. The molecule has 6 heteroatoms. The van der Waals surface area contributed by atoms with Crippen LogP contribution in [0.1, 0.15) is 22.8 Å². The molecule has 2 amide bonds. The lowest BCUT2D eigenvalue weighted by atomic mass is 10.2. The second-order valence-electron chi connectivity index (χ2n) is 4.33. The molecule has 0 aliphatic rings. The second-order valence-corrected chi connectivity index (χ2v) is 5.25. The molecule has 0 saturated heterocycles. The van der Waals surface area contributed by atoms with E-state index in [1.54, 1.807) is 18.4 Å². The van der Waals surface area contributed by atoms with E-state index in [1.165, 1.54) is 11.3 Å². The summed E-state index contributed by atoms with van der Waals surface area (Å²) in [5.41, 5.74) is 2.16. The molecular weight excluding hydrogens is 288 g/mol. The third kappa shape index (κ3) is 4.06. The molecule has 2 rings (SSSR count). The molecule has 5 nitrogen and oxygen atoms in total. The SMILES string of the molecule is CCOC(=O)c1ccsc1NC(=O)Nc1ccc(C)cc1. The summed E-state index contributed by atoms with van der Waals surface area (Å²) >= 11 is 1.27. The number of carbonyl (C=O) groups is 2. The summed E-state index contributed by atoms with van der Waals surface area (Å²) in [5, 5.41) is 7.57. The molecule has 110 valence electrons. The van der Waals surface area contributed by atoms with Crippen LogP contribution in [0.25, 0.3) is 0 Å². The first kappa shape index (κ1) is 15.1. The summed E-state index contributed by atoms with van der Waals surface area (Å²) < 4.78 is 4.94. The highest BCUT2D eigenvalue weighted by Crippen LogP contribution is 2.24. The Hall–Kier alpha value is -2.34. The van der Waals surface area contributed by atoms with Gasteiger partial charge >= 0.3 is 12.0 Å². The average molecular weight is 304 g/mol. The van der Waals surface area contributed by atoms with Crippen molar-refractivity contribution in [1.82, 2.24) is 0 Å². The van der Waals surface area contributed by atoms with Crippen molar-refractivity contribution < 1.29 is 14.3 Å². The highest BCUT2D eigenvalue weighted by Gasteiger charge is 2.15. The van der Waals surface area contributed by atoms with Crippen molar-refractivity contribution in [3.8, 4) is 0 Å². The molecule has 0 atom stereocenters. The highest BCUT2D eigenvalue weighted by atomic mass is 32.1. The number of esters is 1. The van der Waals surface area contributed by atoms with Gasteiger partial charge in [0.05, 0.1) is 12.2 Å². The predicted molar refractivity (Wildman–Crippen MR) is 84.1 cm³/mol. The van der Waals surface area contributed by atoms with Crippen molar-refractivity contribution in [3.63, 3.8) is 0 Å². The van der Waals surface area contributed by atoms with Crippen LogP contribution in [0.4, 0.5) is 15.5 Å². The van der Waals surface area contributed by atoms with Gasteiger partial charge in [-0.2, -0.15) is 0 Å². The van der Waals surface area contributed by atoms with Crippen molar-refractivity contribution in [2.45, 2.75) is 13.8 Å². The molecule has 0 aliphatic carbocycles. The Kier molecular flexibility index (Phi) is 4.94. The van der Waals surface area contributed by atoms with Crippen LogP contribution < -0.4 is 10.6 Å². The first-order valence-electron chi connectivity index (χ1n) is 6.49. The summed E-state index contributed by atoms with van der Waals surface area (Å²) in [4.78, 5) is 23.6. The van der Waals surface area contributed by atoms with Crippen LogP contribution in [0.2, 0.25) is 0 Å². The lowest BCUT2D eigenvalue weighted by molar-refractivity contribution is 0.0528. The Bertz CT molecular complexity index is 635. The van der Waals surface area contributed by atoms with Gasteiger partial charge in [0.1, 0.15) is 5.00 Å². The van der Waals surface area contributed by atoms with Crippen LogP contribution in [-0.4, -0.2) is 18.6 Å².